The first kappa shape index (κ1) is 15.6. The van der Waals surface area contributed by atoms with Gasteiger partial charge in [0.15, 0.2) is 0 Å². The van der Waals surface area contributed by atoms with E-state index in [-0.39, 0.29) is 18.8 Å². The minimum atomic E-state index is -0.420. The van der Waals surface area contributed by atoms with Gasteiger partial charge in [-0.3, -0.25) is 0 Å². The van der Waals surface area contributed by atoms with Gasteiger partial charge in [0.1, 0.15) is 29.8 Å². The van der Waals surface area contributed by atoms with Crippen molar-refractivity contribution in [3.63, 3.8) is 0 Å². The number of aliphatic hydroxyl groups is 1. The maximum Gasteiger partial charge on any atom is 0.145 e. The molecule has 2 aromatic carbocycles. The highest BCUT2D eigenvalue weighted by atomic mass is 16.6. The van der Waals surface area contributed by atoms with E-state index in [1.165, 1.54) is 0 Å². The van der Waals surface area contributed by atoms with Crippen molar-refractivity contribution in [3.05, 3.63) is 72.3 Å². The Bertz CT molecular complexity index is 653. The third-order valence-corrected chi connectivity index (χ3v) is 3.78. The molecule has 1 aliphatic heterocycles. The largest absolute Gasteiger partial charge is 0.497 e. The first-order valence-corrected chi connectivity index (χ1v) is 7.60. The van der Waals surface area contributed by atoms with Crippen molar-refractivity contribution < 1.29 is 19.3 Å². The van der Waals surface area contributed by atoms with Crippen LogP contribution in [0.2, 0.25) is 0 Å². The van der Waals surface area contributed by atoms with Crippen molar-refractivity contribution in [3.8, 4) is 11.5 Å². The van der Waals surface area contributed by atoms with E-state index < -0.39 is 6.10 Å². The minimum absolute atomic E-state index is 0.109. The summed E-state index contributed by atoms with van der Waals surface area (Å²) in [6, 6.07) is 17.3. The van der Waals surface area contributed by atoms with Gasteiger partial charge in [-0.15, -0.1) is 0 Å². The van der Waals surface area contributed by atoms with Crippen LogP contribution in [-0.2, 0) is 4.74 Å². The molecule has 0 amide bonds. The number of benzene rings is 2. The van der Waals surface area contributed by atoms with Crippen LogP contribution < -0.4 is 9.47 Å². The van der Waals surface area contributed by atoms with Crippen LogP contribution >= 0.6 is 0 Å². The Hall–Kier alpha value is -2.30. The lowest BCUT2D eigenvalue weighted by Gasteiger charge is -2.31. The Kier molecular flexibility index (Phi) is 4.95. The molecule has 0 radical (unpaired) electrons. The Balaban J connectivity index is 1.75. The molecule has 0 saturated carbocycles. The number of methoxy groups -OCH3 is 1. The molecule has 2 aromatic rings. The molecule has 3 atom stereocenters. The van der Waals surface area contributed by atoms with E-state index in [1.807, 2.05) is 66.7 Å². The summed E-state index contributed by atoms with van der Waals surface area (Å²) in [4.78, 5) is 0. The van der Waals surface area contributed by atoms with Crippen LogP contribution in [0.3, 0.4) is 0 Å². The number of ether oxygens (including phenoxy) is 3. The van der Waals surface area contributed by atoms with Crippen molar-refractivity contribution >= 4 is 0 Å². The second kappa shape index (κ2) is 7.31. The normalized spacial score (nSPS) is 23.5. The monoisotopic (exact) mass is 312 g/mol. The number of rotatable bonds is 5. The van der Waals surface area contributed by atoms with Crippen molar-refractivity contribution in [2.45, 2.75) is 18.3 Å². The predicted molar refractivity (Wildman–Crippen MR) is 87.7 cm³/mol. The van der Waals surface area contributed by atoms with Gasteiger partial charge in [0.25, 0.3) is 0 Å². The van der Waals surface area contributed by atoms with Gasteiger partial charge in [-0.05, 0) is 23.8 Å². The minimum Gasteiger partial charge on any atom is -0.497 e. The molecular weight excluding hydrogens is 292 g/mol. The van der Waals surface area contributed by atoms with Gasteiger partial charge in [0.2, 0.25) is 0 Å². The van der Waals surface area contributed by atoms with Crippen molar-refractivity contribution in [1.29, 1.82) is 0 Å². The molecule has 0 saturated heterocycles. The molecular formula is C19H20O4. The van der Waals surface area contributed by atoms with Crippen molar-refractivity contribution in [2.75, 3.05) is 13.7 Å². The molecule has 0 bridgehead atoms. The van der Waals surface area contributed by atoms with E-state index in [9.17, 15) is 5.11 Å². The Morgan fingerprint density at radius 1 is 1.00 bits per heavy atom. The fraction of sp³-hybridized carbons (Fsp3) is 0.263. The number of hydrogen-bond acceptors (Lipinski definition) is 4. The zero-order chi connectivity index (χ0) is 16.1. The molecule has 3 rings (SSSR count). The summed E-state index contributed by atoms with van der Waals surface area (Å²) in [5, 5.41) is 9.64. The summed E-state index contributed by atoms with van der Waals surface area (Å²) >= 11 is 0. The van der Waals surface area contributed by atoms with Crippen LogP contribution in [0.25, 0.3) is 0 Å². The van der Waals surface area contributed by atoms with E-state index in [1.54, 1.807) is 7.11 Å². The fourth-order valence-electron chi connectivity index (χ4n) is 2.57. The van der Waals surface area contributed by atoms with Gasteiger partial charge in [0.05, 0.1) is 13.7 Å². The fourth-order valence-corrected chi connectivity index (χ4v) is 2.57. The van der Waals surface area contributed by atoms with Crippen LogP contribution in [0.4, 0.5) is 0 Å². The van der Waals surface area contributed by atoms with E-state index in [4.69, 9.17) is 14.2 Å². The van der Waals surface area contributed by atoms with Crippen LogP contribution in [0.5, 0.6) is 11.5 Å². The highest BCUT2D eigenvalue weighted by molar-refractivity contribution is 5.33. The maximum atomic E-state index is 9.64. The molecule has 120 valence electrons. The lowest BCUT2D eigenvalue weighted by atomic mass is 10.0. The van der Waals surface area contributed by atoms with Gasteiger partial charge < -0.3 is 19.3 Å². The van der Waals surface area contributed by atoms with Gasteiger partial charge in [-0.1, -0.05) is 42.5 Å². The summed E-state index contributed by atoms with van der Waals surface area (Å²) in [5.41, 5.74) is 1.06. The topological polar surface area (TPSA) is 47.9 Å². The molecule has 0 spiro atoms. The highest BCUT2D eigenvalue weighted by Crippen LogP contribution is 2.29. The van der Waals surface area contributed by atoms with Gasteiger partial charge >= 0.3 is 0 Å². The second-order valence-corrected chi connectivity index (χ2v) is 5.33. The molecule has 4 heteroatoms. The number of aliphatic hydroxyl groups excluding tert-OH is 1. The average molecular weight is 312 g/mol. The predicted octanol–water partition coefficient (Wildman–Crippen LogP) is 3.13. The first-order chi connectivity index (χ1) is 11.3. The molecule has 0 fully saturated rings. The summed E-state index contributed by atoms with van der Waals surface area (Å²) in [5.74, 6) is 1.41. The zero-order valence-corrected chi connectivity index (χ0v) is 13.0. The third-order valence-electron chi connectivity index (χ3n) is 3.78. The quantitative estimate of drug-likeness (QED) is 0.862. The molecule has 0 aromatic heterocycles. The molecule has 4 nitrogen and oxygen atoms in total. The van der Waals surface area contributed by atoms with Gasteiger partial charge in [-0.2, -0.15) is 0 Å². The second-order valence-electron chi connectivity index (χ2n) is 5.33. The molecule has 23 heavy (non-hydrogen) atoms. The van der Waals surface area contributed by atoms with Gasteiger partial charge in [-0.25, -0.2) is 0 Å². The third kappa shape index (κ3) is 3.73. The van der Waals surface area contributed by atoms with Crippen LogP contribution in [0.15, 0.2) is 66.7 Å². The first-order valence-electron chi connectivity index (χ1n) is 7.60. The van der Waals surface area contributed by atoms with Crippen LogP contribution in [0, 0.1) is 0 Å². The van der Waals surface area contributed by atoms with Crippen molar-refractivity contribution in [2.24, 2.45) is 0 Å². The Morgan fingerprint density at radius 2 is 1.78 bits per heavy atom. The van der Waals surface area contributed by atoms with E-state index in [2.05, 4.69) is 0 Å². The molecule has 1 N–H and O–H groups in total. The van der Waals surface area contributed by atoms with Crippen LogP contribution in [-0.4, -0.2) is 31.0 Å². The van der Waals surface area contributed by atoms with Crippen LogP contribution in [0.1, 0.15) is 11.7 Å². The van der Waals surface area contributed by atoms with E-state index >= 15 is 0 Å². The van der Waals surface area contributed by atoms with E-state index in [0.717, 1.165) is 11.3 Å². The standard InChI is InChI=1S/C19H20O4/c1-21-15-8-5-9-16(12-15)22-18-11-10-17(23-19(18)13-20)14-6-3-2-4-7-14/h2-12,17-20H,13H2,1H3/t17-,18-,19+/m0/s1. The zero-order valence-electron chi connectivity index (χ0n) is 13.0. The molecule has 0 unspecified atom stereocenters. The SMILES string of the molecule is COc1cccc(O[C@H]2C=C[C@@H](c3ccccc3)O[C@@H]2CO)c1. The molecule has 1 aliphatic rings. The summed E-state index contributed by atoms with van der Waals surface area (Å²) in [6.07, 6.45) is 2.98. The smallest absolute Gasteiger partial charge is 0.145 e. The van der Waals surface area contributed by atoms with E-state index in [0.29, 0.717) is 5.75 Å². The highest BCUT2D eigenvalue weighted by Gasteiger charge is 2.29. The Morgan fingerprint density at radius 3 is 2.52 bits per heavy atom. The average Bonchev–Trinajstić information content (AvgIpc) is 2.63. The lowest BCUT2D eigenvalue weighted by Crippen LogP contribution is -2.39. The lowest BCUT2D eigenvalue weighted by molar-refractivity contribution is -0.0731. The molecule has 1 heterocycles. The summed E-state index contributed by atoms with van der Waals surface area (Å²) < 4.78 is 17.1. The van der Waals surface area contributed by atoms with Gasteiger partial charge in [0, 0.05) is 6.07 Å². The molecule has 0 aliphatic carbocycles. The summed E-state index contributed by atoms with van der Waals surface area (Å²) in [6.45, 7) is -0.109. The Labute approximate surface area is 135 Å². The van der Waals surface area contributed by atoms with Crippen molar-refractivity contribution in [1.82, 2.24) is 0 Å². The summed E-state index contributed by atoms with van der Waals surface area (Å²) in [7, 11) is 1.61. The number of hydrogen-bond donors (Lipinski definition) is 1. The maximum absolute atomic E-state index is 9.64.